The molecule has 3 atom stereocenters. The Morgan fingerprint density at radius 3 is 1.88 bits per heavy atom. The molecule has 74 heavy (non-hydrogen) atoms. The number of carbonyl (C=O) groups is 4. The van der Waals surface area contributed by atoms with Gasteiger partial charge in [0.15, 0.2) is 16.3 Å². The molecular formula is C52H59FN11O8S2+. The number of hydrogen-bond acceptors (Lipinski definition) is 10. The smallest absolute Gasteiger partial charge is 0.273 e. The summed E-state index contributed by atoms with van der Waals surface area (Å²) in [5.74, 6) is -2.02. The number of amides is 4. The van der Waals surface area contributed by atoms with Crippen LogP contribution < -0.4 is 26.4 Å². The Balaban J connectivity index is 1.05. The van der Waals surface area contributed by atoms with Crippen LogP contribution in [0.15, 0.2) is 113 Å². The van der Waals surface area contributed by atoms with E-state index in [0.717, 1.165) is 0 Å². The lowest BCUT2D eigenvalue weighted by Crippen LogP contribution is -2.57. The number of nitrogens with zero attached hydrogens (tertiary/aromatic N) is 6. The van der Waals surface area contributed by atoms with E-state index in [-0.39, 0.29) is 72.7 Å². The monoisotopic (exact) mass is 1050 g/mol. The van der Waals surface area contributed by atoms with Crippen molar-refractivity contribution in [2.45, 2.75) is 96.1 Å². The standard InChI is InChI=1S/C52H58FN11O8S2/c1-51(2,3)43(49(67)54-7)58-47(65)41-37-30-61(73(70)39-22-13-11-20-35(39)53)24-26-63(37)46(57-41)34-19-15-16-32(28-34)29-55-50(68)44(52(4,5)6)59-48(66)42-38-31-62(74(71,72)40-23-14-12-21-36(40)60-69)25-27-64(38)45(56-42)33-17-9-8-10-18-33/h8-23,28,43-44H,24-27,29-31H2,1-7H3,(H,54,67)(H,55,68)(H,58,65)(H,59,66)/p+1/t43-,44-,73?/m1/s1. The molecule has 0 bridgehead atoms. The SMILES string of the molecule is CNC(=O)[C@@H](NC(=O)c1nc(-c2cccc(CNC(=O)[C@@H](NC(=O)c3nc(-c4ccccc4)n4c3CN(S(=O)(=O)c3ccccc3[NH+]=O)CC4)C(C)(C)C)c2)n2c1CN(S(=O)c1ccccc1F)CC2)C(C)(C)C. The number of likely N-dealkylation sites (N-methyl/N-ethyl adjacent to an activating group) is 1. The summed E-state index contributed by atoms with van der Waals surface area (Å²) in [4.78, 5) is 77.2. The van der Waals surface area contributed by atoms with Crippen LogP contribution in [0.2, 0.25) is 0 Å². The molecule has 1 unspecified atom stereocenters. The first-order valence-electron chi connectivity index (χ1n) is 24.0. The molecule has 4 heterocycles. The maximum atomic E-state index is 14.9. The van der Waals surface area contributed by atoms with E-state index < -0.39 is 73.4 Å². The van der Waals surface area contributed by atoms with Crippen LogP contribution in [0.3, 0.4) is 0 Å². The molecule has 0 saturated carbocycles. The summed E-state index contributed by atoms with van der Waals surface area (Å²) in [7, 11) is -4.66. The number of rotatable bonds is 15. The average Bonchev–Trinajstić information content (AvgIpc) is 3.97. The topological polar surface area (TPSA) is 241 Å². The molecule has 2 aliphatic rings. The average molecular weight is 1050 g/mol. The molecule has 22 heteroatoms. The van der Waals surface area contributed by atoms with E-state index >= 15 is 0 Å². The molecule has 2 aromatic heterocycles. The Hall–Kier alpha value is -7.27. The zero-order valence-electron chi connectivity index (χ0n) is 42.1. The zero-order chi connectivity index (χ0) is 53.3. The number of aromatic nitrogens is 4. The van der Waals surface area contributed by atoms with Crippen molar-refractivity contribution in [1.82, 2.24) is 49.0 Å². The Bertz CT molecular complexity index is 3290. The highest BCUT2D eigenvalue weighted by Gasteiger charge is 2.40. The highest BCUT2D eigenvalue weighted by molar-refractivity contribution is 7.89. The highest BCUT2D eigenvalue weighted by atomic mass is 32.2. The van der Waals surface area contributed by atoms with Crippen molar-refractivity contribution in [3.05, 3.63) is 142 Å². The van der Waals surface area contributed by atoms with Crippen LogP contribution >= 0.6 is 0 Å². The summed E-state index contributed by atoms with van der Waals surface area (Å²) in [6, 6.07) is 25.9. The van der Waals surface area contributed by atoms with Gasteiger partial charge in [0.1, 0.15) is 40.5 Å². The molecule has 0 spiro atoms. The Kier molecular flexibility index (Phi) is 15.3. The molecule has 4 aromatic carbocycles. The van der Waals surface area contributed by atoms with Gasteiger partial charge in [-0.05, 0) is 40.7 Å². The summed E-state index contributed by atoms with van der Waals surface area (Å²) >= 11 is 0. The van der Waals surface area contributed by atoms with E-state index in [1.54, 1.807) is 65.2 Å². The van der Waals surface area contributed by atoms with Gasteiger partial charge in [0.25, 0.3) is 17.5 Å². The van der Waals surface area contributed by atoms with Crippen LogP contribution in [-0.2, 0) is 63.3 Å². The zero-order valence-corrected chi connectivity index (χ0v) is 43.7. The second kappa shape index (κ2) is 21.3. The van der Waals surface area contributed by atoms with E-state index in [1.165, 1.54) is 47.8 Å². The third kappa shape index (κ3) is 10.8. The number of benzene rings is 4. The molecule has 2 aliphatic heterocycles. The lowest BCUT2D eigenvalue weighted by atomic mass is 9.86. The predicted molar refractivity (Wildman–Crippen MR) is 274 cm³/mol. The molecule has 388 valence electrons. The second-order valence-corrected chi connectivity index (χ2v) is 23.5. The summed E-state index contributed by atoms with van der Waals surface area (Å²) < 4.78 is 63.1. The van der Waals surface area contributed by atoms with Gasteiger partial charge in [-0.1, -0.05) is 114 Å². The second-order valence-electron chi connectivity index (χ2n) is 20.2. The summed E-state index contributed by atoms with van der Waals surface area (Å²) in [6.07, 6.45) is 0. The van der Waals surface area contributed by atoms with Crippen molar-refractivity contribution in [1.29, 1.82) is 0 Å². The van der Waals surface area contributed by atoms with Gasteiger partial charge in [-0.15, -0.1) is 0 Å². The number of sulfonamides is 1. The molecule has 8 rings (SSSR count). The molecule has 4 amide bonds. The first-order valence-corrected chi connectivity index (χ1v) is 26.5. The molecular weight excluding hydrogens is 990 g/mol. The molecule has 6 aromatic rings. The number of fused-ring (bicyclic) bond motifs is 2. The quantitative estimate of drug-likeness (QED) is 0.0986. The van der Waals surface area contributed by atoms with Crippen molar-refractivity contribution >= 4 is 50.3 Å². The van der Waals surface area contributed by atoms with Crippen molar-refractivity contribution in [3.8, 4) is 22.8 Å². The number of para-hydroxylation sites is 1. The van der Waals surface area contributed by atoms with Crippen molar-refractivity contribution < 1.29 is 41.4 Å². The van der Waals surface area contributed by atoms with Gasteiger partial charge >= 0.3 is 0 Å². The fourth-order valence-corrected chi connectivity index (χ4v) is 11.8. The summed E-state index contributed by atoms with van der Waals surface area (Å²) in [5.41, 5.74) is 0.944. The number of hydrogen-bond donors (Lipinski definition) is 5. The van der Waals surface area contributed by atoms with Crippen LogP contribution in [-0.4, -0.2) is 96.2 Å². The van der Waals surface area contributed by atoms with Crippen LogP contribution in [0.1, 0.15) is 79.5 Å². The third-order valence-corrected chi connectivity index (χ3v) is 16.4. The first-order chi connectivity index (χ1) is 35.1. The van der Waals surface area contributed by atoms with Crippen molar-refractivity contribution in [2.24, 2.45) is 10.8 Å². The van der Waals surface area contributed by atoms with Crippen LogP contribution in [0.5, 0.6) is 0 Å². The van der Waals surface area contributed by atoms with Gasteiger partial charge < -0.3 is 30.4 Å². The molecule has 19 nitrogen and oxygen atoms in total. The fourth-order valence-electron chi connectivity index (χ4n) is 9.07. The van der Waals surface area contributed by atoms with E-state index in [2.05, 4.69) is 21.3 Å². The van der Waals surface area contributed by atoms with Gasteiger partial charge in [0.2, 0.25) is 21.8 Å². The summed E-state index contributed by atoms with van der Waals surface area (Å²) in [6.45, 7) is 11.2. The Morgan fingerprint density at radius 2 is 1.26 bits per heavy atom. The predicted octanol–water partition coefficient (Wildman–Crippen LogP) is 4.13. The van der Waals surface area contributed by atoms with E-state index in [9.17, 15) is 41.1 Å². The Labute approximate surface area is 431 Å². The molecule has 0 radical (unpaired) electrons. The minimum absolute atomic E-state index is 0.00161. The minimum atomic E-state index is -4.22. The maximum Gasteiger partial charge on any atom is 0.273 e. The van der Waals surface area contributed by atoms with Crippen LogP contribution in [0, 0.1) is 21.6 Å². The lowest BCUT2D eigenvalue weighted by molar-refractivity contribution is -0.382. The minimum Gasteiger partial charge on any atom is -0.357 e. The number of carbonyl (C=O) groups excluding carboxylic acids is 4. The van der Waals surface area contributed by atoms with Crippen LogP contribution in [0.25, 0.3) is 22.8 Å². The van der Waals surface area contributed by atoms with Gasteiger partial charge in [-0.25, -0.2) is 31.3 Å². The maximum absolute atomic E-state index is 14.9. The van der Waals surface area contributed by atoms with E-state index in [0.29, 0.717) is 39.7 Å². The van der Waals surface area contributed by atoms with Crippen molar-refractivity contribution in [2.75, 3.05) is 20.1 Å². The van der Waals surface area contributed by atoms with Crippen LogP contribution in [0.4, 0.5) is 10.1 Å². The van der Waals surface area contributed by atoms with Gasteiger partial charge in [-0.2, -0.15) is 4.31 Å². The number of imidazole rings is 2. The normalized spacial score (nSPS) is 15.5. The van der Waals surface area contributed by atoms with Gasteiger partial charge in [-0.3, -0.25) is 19.2 Å². The Morgan fingerprint density at radius 1 is 0.703 bits per heavy atom. The molecule has 0 fully saturated rings. The first kappa shape index (κ1) is 53.0. The fraction of sp³-hybridized carbons (Fsp3) is 0.346. The molecule has 0 saturated heterocycles. The number of halogens is 1. The highest BCUT2D eigenvalue weighted by Crippen LogP contribution is 2.33. The lowest BCUT2D eigenvalue weighted by Gasteiger charge is -2.31. The van der Waals surface area contributed by atoms with Crippen molar-refractivity contribution in [3.63, 3.8) is 0 Å². The largest absolute Gasteiger partial charge is 0.357 e. The van der Waals surface area contributed by atoms with E-state index in [1.807, 2.05) is 61.7 Å². The van der Waals surface area contributed by atoms with Gasteiger partial charge in [0, 0.05) is 67.0 Å². The summed E-state index contributed by atoms with van der Waals surface area (Å²) in [5, 5.41) is 13.0. The third-order valence-electron chi connectivity index (χ3n) is 13.0. The number of nitrogens with one attached hydrogen (secondary N) is 5. The molecule has 0 aliphatic carbocycles. The molecule has 5 N–H and O–H groups in total. The van der Waals surface area contributed by atoms with Gasteiger partial charge in [0.05, 0.1) is 29.4 Å². The van der Waals surface area contributed by atoms with E-state index in [4.69, 9.17) is 9.97 Å². The number of nitroso groups, excluding NO2 is 1.